The number of ether oxygens (including phenoxy) is 2. The standard InChI is InChI=1S/C16H30O10S3/c1-12(2)14(17)25-13(3)26-15(18)27-8-7-16(4,5)11-24-29(22,23)10-6-9-28(19,20)21/h12-13H,6-11H2,1-5H3,(H,19,20,21). The van der Waals surface area contributed by atoms with Crippen molar-refractivity contribution in [2.75, 3.05) is 23.9 Å². The molecule has 0 saturated carbocycles. The molecule has 0 aliphatic heterocycles. The van der Waals surface area contributed by atoms with Gasteiger partial charge in [0, 0.05) is 12.7 Å². The summed E-state index contributed by atoms with van der Waals surface area (Å²) in [5.41, 5.74) is -0.584. The van der Waals surface area contributed by atoms with Crippen molar-refractivity contribution in [3.63, 3.8) is 0 Å². The van der Waals surface area contributed by atoms with Crippen LogP contribution in [0.3, 0.4) is 0 Å². The summed E-state index contributed by atoms with van der Waals surface area (Å²) in [4.78, 5) is 23.2. The van der Waals surface area contributed by atoms with Gasteiger partial charge >= 0.3 is 11.3 Å². The minimum Gasteiger partial charge on any atom is -0.425 e. The Labute approximate surface area is 176 Å². The first kappa shape index (κ1) is 28.1. The fourth-order valence-corrected chi connectivity index (χ4v) is 4.53. The molecule has 0 aliphatic carbocycles. The van der Waals surface area contributed by atoms with Gasteiger partial charge in [-0.15, -0.1) is 0 Å². The van der Waals surface area contributed by atoms with Gasteiger partial charge in [-0.3, -0.25) is 13.5 Å². The molecule has 0 aliphatic rings. The molecule has 0 heterocycles. The molecular weight excluding hydrogens is 448 g/mol. The number of rotatable bonds is 13. The van der Waals surface area contributed by atoms with E-state index in [4.69, 9.17) is 18.2 Å². The molecule has 0 aromatic rings. The fourth-order valence-electron chi connectivity index (χ4n) is 1.70. The lowest BCUT2D eigenvalue weighted by atomic mass is 9.92. The molecular formula is C16H30O10S3. The smallest absolute Gasteiger partial charge is 0.370 e. The Bertz CT molecular complexity index is 741. The maximum Gasteiger partial charge on any atom is 0.370 e. The molecule has 0 rings (SSSR count). The zero-order chi connectivity index (χ0) is 22.9. The topological polar surface area (TPSA) is 150 Å². The Kier molecular flexibility index (Phi) is 11.7. The molecule has 0 spiro atoms. The number of hydrogen-bond acceptors (Lipinski definition) is 10. The average Bonchev–Trinajstić information content (AvgIpc) is 2.51. The Morgan fingerprint density at radius 1 is 1.03 bits per heavy atom. The van der Waals surface area contributed by atoms with Crippen molar-refractivity contribution < 1.29 is 44.6 Å². The fraction of sp³-hybridized carbons (Fsp3) is 0.875. The Balaban J connectivity index is 4.25. The lowest BCUT2D eigenvalue weighted by Crippen LogP contribution is -2.25. The number of carbonyl (C=O) groups excluding carboxylic acids is 2. The van der Waals surface area contributed by atoms with E-state index in [0.29, 0.717) is 12.2 Å². The van der Waals surface area contributed by atoms with Gasteiger partial charge in [0.2, 0.25) is 6.29 Å². The number of carbonyl (C=O) groups is 2. The highest BCUT2D eigenvalue weighted by molar-refractivity contribution is 8.13. The first-order valence-corrected chi connectivity index (χ1v) is 13.1. The summed E-state index contributed by atoms with van der Waals surface area (Å²) in [7, 11) is -8.16. The normalized spacial score (nSPS) is 13.9. The van der Waals surface area contributed by atoms with E-state index in [1.165, 1.54) is 6.92 Å². The van der Waals surface area contributed by atoms with Gasteiger partial charge in [0.25, 0.3) is 20.2 Å². The van der Waals surface area contributed by atoms with Gasteiger partial charge in [0.05, 0.1) is 24.0 Å². The zero-order valence-corrected chi connectivity index (χ0v) is 19.7. The van der Waals surface area contributed by atoms with Crippen molar-refractivity contribution in [1.82, 2.24) is 0 Å². The highest BCUT2D eigenvalue weighted by atomic mass is 32.2. The van der Waals surface area contributed by atoms with Crippen LogP contribution in [0.5, 0.6) is 0 Å². The minimum absolute atomic E-state index is 0.154. The van der Waals surface area contributed by atoms with Gasteiger partial charge in [-0.1, -0.05) is 27.7 Å². The lowest BCUT2D eigenvalue weighted by Gasteiger charge is -2.23. The second-order valence-electron chi connectivity index (χ2n) is 7.45. The third-order valence-corrected chi connectivity index (χ3v) is 6.25. The molecule has 1 N–H and O–H groups in total. The molecule has 0 radical (unpaired) electrons. The molecule has 10 nitrogen and oxygen atoms in total. The van der Waals surface area contributed by atoms with Crippen LogP contribution in [0.4, 0.5) is 4.79 Å². The SMILES string of the molecule is CC(OC(=O)SCCC(C)(C)COS(=O)(=O)CCCS(=O)(=O)O)OC(=O)C(C)C. The van der Waals surface area contributed by atoms with Gasteiger partial charge in [0.15, 0.2) is 0 Å². The van der Waals surface area contributed by atoms with Crippen LogP contribution in [-0.2, 0) is 38.7 Å². The van der Waals surface area contributed by atoms with Crippen LogP contribution in [0.25, 0.3) is 0 Å². The van der Waals surface area contributed by atoms with E-state index in [1.807, 2.05) is 0 Å². The minimum atomic E-state index is -4.22. The van der Waals surface area contributed by atoms with Crippen LogP contribution in [-0.4, -0.2) is 62.8 Å². The van der Waals surface area contributed by atoms with Crippen molar-refractivity contribution >= 4 is 43.3 Å². The molecule has 0 fully saturated rings. The van der Waals surface area contributed by atoms with Crippen molar-refractivity contribution in [3.8, 4) is 0 Å². The van der Waals surface area contributed by atoms with Crippen molar-refractivity contribution in [1.29, 1.82) is 0 Å². The van der Waals surface area contributed by atoms with E-state index in [0.717, 1.165) is 11.8 Å². The van der Waals surface area contributed by atoms with Crippen LogP contribution in [0.2, 0.25) is 0 Å². The average molecular weight is 479 g/mol. The summed E-state index contributed by atoms with van der Waals surface area (Å²) in [6.45, 7) is 8.09. The number of hydrogen-bond donors (Lipinski definition) is 1. The molecule has 0 aromatic carbocycles. The van der Waals surface area contributed by atoms with Crippen LogP contribution in [0.15, 0.2) is 0 Å². The van der Waals surface area contributed by atoms with Gasteiger partial charge in [0.1, 0.15) is 0 Å². The molecule has 172 valence electrons. The van der Waals surface area contributed by atoms with Crippen molar-refractivity contribution in [3.05, 3.63) is 0 Å². The summed E-state index contributed by atoms with van der Waals surface area (Å²) in [6.07, 6.45) is -0.856. The molecule has 0 aromatic heterocycles. The van der Waals surface area contributed by atoms with E-state index in [9.17, 15) is 26.4 Å². The second kappa shape index (κ2) is 12.1. The predicted molar refractivity (Wildman–Crippen MR) is 109 cm³/mol. The molecule has 29 heavy (non-hydrogen) atoms. The largest absolute Gasteiger partial charge is 0.425 e. The Hall–Kier alpha value is -0.890. The third kappa shape index (κ3) is 15.6. The van der Waals surface area contributed by atoms with E-state index >= 15 is 0 Å². The monoisotopic (exact) mass is 478 g/mol. The molecule has 13 heteroatoms. The highest BCUT2D eigenvalue weighted by Gasteiger charge is 2.24. The first-order valence-electron chi connectivity index (χ1n) is 8.89. The Morgan fingerprint density at radius 3 is 2.14 bits per heavy atom. The first-order chi connectivity index (χ1) is 13.0. The summed E-state index contributed by atoms with van der Waals surface area (Å²) in [5, 5.41) is -0.622. The van der Waals surface area contributed by atoms with Crippen LogP contribution >= 0.6 is 11.8 Å². The highest BCUT2D eigenvalue weighted by Crippen LogP contribution is 2.25. The summed E-state index contributed by atoms with van der Waals surface area (Å²) in [6, 6.07) is 0. The number of esters is 1. The third-order valence-electron chi connectivity index (χ3n) is 3.44. The van der Waals surface area contributed by atoms with Gasteiger partial charge in [-0.2, -0.15) is 16.8 Å². The Morgan fingerprint density at radius 2 is 1.62 bits per heavy atom. The van der Waals surface area contributed by atoms with Gasteiger partial charge in [-0.05, 0) is 30.0 Å². The zero-order valence-electron chi connectivity index (χ0n) is 17.2. The molecule has 0 saturated heterocycles. The number of thioether (sulfide) groups is 1. The van der Waals surface area contributed by atoms with Gasteiger partial charge < -0.3 is 9.47 Å². The summed E-state index contributed by atoms with van der Waals surface area (Å²) in [5.74, 6) is -1.69. The van der Waals surface area contributed by atoms with Crippen LogP contribution in [0, 0.1) is 11.3 Å². The van der Waals surface area contributed by atoms with E-state index in [2.05, 4.69) is 0 Å². The van der Waals surface area contributed by atoms with Gasteiger partial charge in [-0.25, -0.2) is 4.79 Å². The second-order valence-corrected chi connectivity index (χ2v) is 11.8. The van der Waals surface area contributed by atoms with Crippen molar-refractivity contribution in [2.24, 2.45) is 11.3 Å². The van der Waals surface area contributed by atoms with E-state index < -0.39 is 54.7 Å². The van der Waals surface area contributed by atoms with E-state index in [1.54, 1.807) is 27.7 Å². The van der Waals surface area contributed by atoms with Crippen LogP contribution < -0.4 is 0 Å². The predicted octanol–water partition coefficient (Wildman–Crippen LogP) is 2.44. The molecule has 0 amide bonds. The maximum absolute atomic E-state index is 11.8. The molecule has 0 bridgehead atoms. The summed E-state index contributed by atoms with van der Waals surface area (Å²) >= 11 is 0.865. The summed E-state index contributed by atoms with van der Waals surface area (Å²) < 4.78 is 68.2. The maximum atomic E-state index is 11.8. The van der Waals surface area contributed by atoms with Crippen molar-refractivity contribution in [2.45, 2.75) is 53.8 Å². The van der Waals surface area contributed by atoms with E-state index in [-0.39, 0.29) is 18.9 Å². The molecule has 1 atom stereocenters. The lowest BCUT2D eigenvalue weighted by molar-refractivity contribution is -0.167. The quantitative estimate of drug-likeness (QED) is 0.180. The van der Waals surface area contributed by atoms with Crippen LogP contribution in [0.1, 0.15) is 47.5 Å². The molecule has 1 unspecified atom stereocenters.